The number of benzene rings is 4. The SMILES string of the molecule is CCc1cccc(C)c1NC(=O)CSc1cccc(NC(=O)/C(=C\c2cccc(Cl)c2Cl)NC(=O)c2ccccc2)c1. The summed E-state index contributed by atoms with van der Waals surface area (Å²) in [6.07, 6.45) is 2.29. The van der Waals surface area contributed by atoms with E-state index in [1.54, 1.807) is 66.7 Å². The van der Waals surface area contributed by atoms with E-state index in [4.69, 9.17) is 23.2 Å². The topological polar surface area (TPSA) is 87.3 Å². The molecule has 0 heterocycles. The van der Waals surface area contributed by atoms with E-state index in [0.29, 0.717) is 21.8 Å². The first-order valence-corrected chi connectivity index (χ1v) is 14.9. The second-order valence-corrected chi connectivity index (χ2v) is 11.1. The minimum Gasteiger partial charge on any atom is -0.325 e. The van der Waals surface area contributed by atoms with Crippen molar-refractivity contribution >= 4 is 70.1 Å². The molecule has 0 radical (unpaired) electrons. The van der Waals surface area contributed by atoms with Gasteiger partial charge in [-0.05, 0) is 72.5 Å². The third kappa shape index (κ3) is 8.26. The molecule has 214 valence electrons. The van der Waals surface area contributed by atoms with Gasteiger partial charge >= 0.3 is 0 Å². The van der Waals surface area contributed by atoms with Crippen LogP contribution in [-0.4, -0.2) is 23.5 Å². The van der Waals surface area contributed by atoms with Crippen molar-refractivity contribution < 1.29 is 14.4 Å². The molecule has 9 heteroatoms. The predicted molar refractivity (Wildman–Crippen MR) is 173 cm³/mol. The van der Waals surface area contributed by atoms with Gasteiger partial charge in [0.1, 0.15) is 5.70 Å². The fourth-order valence-electron chi connectivity index (χ4n) is 4.12. The highest BCUT2D eigenvalue weighted by Crippen LogP contribution is 2.28. The van der Waals surface area contributed by atoms with Crippen LogP contribution in [0.25, 0.3) is 6.08 Å². The molecule has 0 saturated heterocycles. The molecule has 0 aromatic heterocycles. The molecule has 0 unspecified atom stereocenters. The lowest BCUT2D eigenvalue weighted by Gasteiger charge is -2.14. The summed E-state index contributed by atoms with van der Waals surface area (Å²) in [5, 5.41) is 9.13. The van der Waals surface area contributed by atoms with Crippen LogP contribution in [0.2, 0.25) is 10.0 Å². The Bertz CT molecular complexity index is 1640. The summed E-state index contributed by atoms with van der Waals surface area (Å²) >= 11 is 13.9. The van der Waals surface area contributed by atoms with E-state index >= 15 is 0 Å². The van der Waals surface area contributed by atoms with Crippen LogP contribution in [0.3, 0.4) is 0 Å². The highest BCUT2D eigenvalue weighted by atomic mass is 35.5. The van der Waals surface area contributed by atoms with Crippen LogP contribution in [0.5, 0.6) is 0 Å². The van der Waals surface area contributed by atoms with Gasteiger partial charge in [-0.2, -0.15) is 0 Å². The number of anilines is 2. The summed E-state index contributed by atoms with van der Waals surface area (Å²) in [5.41, 5.74) is 4.29. The molecular weight excluding hydrogens is 589 g/mol. The van der Waals surface area contributed by atoms with Gasteiger partial charge in [0.2, 0.25) is 5.91 Å². The zero-order valence-corrected chi connectivity index (χ0v) is 25.4. The van der Waals surface area contributed by atoms with Gasteiger partial charge in [0, 0.05) is 21.8 Å². The lowest BCUT2D eigenvalue weighted by Crippen LogP contribution is -2.30. The second kappa shape index (κ2) is 14.7. The summed E-state index contributed by atoms with van der Waals surface area (Å²) in [6.45, 7) is 4.02. The van der Waals surface area contributed by atoms with Crippen LogP contribution >= 0.6 is 35.0 Å². The van der Waals surface area contributed by atoms with Gasteiger partial charge in [0.05, 0.1) is 15.8 Å². The standard InChI is InChI=1S/C33H29Cl2N3O3S/c1-3-22-13-7-10-21(2)31(22)38-29(39)20-42-26-16-9-15-25(19-26)36-33(41)28(18-24-14-8-17-27(34)30(24)35)37-32(40)23-11-5-4-6-12-23/h4-19H,3,20H2,1-2H3,(H,36,41)(H,37,40)(H,38,39)/b28-18+. The Balaban J connectivity index is 1.48. The van der Waals surface area contributed by atoms with Gasteiger partial charge in [-0.3, -0.25) is 14.4 Å². The molecule has 3 amide bonds. The molecule has 0 aliphatic heterocycles. The number of aryl methyl sites for hydroxylation is 2. The molecule has 4 aromatic carbocycles. The lowest BCUT2D eigenvalue weighted by molar-refractivity contribution is -0.114. The number of hydrogen-bond donors (Lipinski definition) is 3. The average Bonchev–Trinajstić information content (AvgIpc) is 2.99. The summed E-state index contributed by atoms with van der Waals surface area (Å²) in [5.74, 6) is -0.932. The Morgan fingerprint density at radius 3 is 2.36 bits per heavy atom. The van der Waals surface area contributed by atoms with E-state index in [0.717, 1.165) is 28.1 Å². The van der Waals surface area contributed by atoms with E-state index in [1.165, 1.54) is 17.8 Å². The molecule has 0 aliphatic carbocycles. The lowest BCUT2D eigenvalue weighted by atomic mass is 10.1. The summed E-state index contributed by atoms with van der Waals surface area (Å²) in [6, 6.07) is 26.7. The molecule has 4 rings (SSSR count). The number of para-hydroxylation sites is 1. The Labute approximate surface area is 259 Å². The monoisotopic (exact) mass is 617 g/mol. The van der Waals surface area contributed by atoms with Crippen LogP contribution < -0.4 is 16.0 Å². The molecule has 42 heavy (non-hydrogen) atoms. The molecule has 4 aromatic rings. The number of rotatable bonds is 10. The summed E-state index contributed by atoms with van der Waals surface area (Å²) in [7, 11) is 0. The average molecular weight is 619 g/mol. The molecule has 0 fully saturated rings. The van der Waals surface area contributed by atoms with E-state index in [9.17, 15) is 14.4 Å². The molecule has 6 nitrogen and oxygen atoms in total. The van der Waals surface area contributed by atoms with Gasteiger partial charge in [-0.25, -0.2) is 0 Å². The van der Waals surface area contributed by atoms with Crippen molar-refractivity contribution in [3.8, 4) is 0 Å². The quantitative estimate of drug-likeness (QED) is 0.124. The molecule has 0 aliphatic rings. The molecular formula is C33H29Cl2N3O3S. The van der Waals surface area contributed by atoms with Crippen molar-refractivity contribution in [2.75, 3.05) is 16.4 Å². The minimum absolute atomic E-state index is 0.0181. The summed E-state index contributed by atoms with van der Waals surface area (Å²) < 4.78 is 0. The van der Waals surface area contributed by atoms with Crippen molar-refractivity contribution in [3.63, 3.8) is 0 Å². The molecule has 0 bridgehead atoms. The highest BCUT2D eigenvalue weighted by Gasteiger charge is 2.17. The molecule has 3 N–H and O–H groups in total. The number of carbonyl (C=O) groups is 3. The normalized spacial score (nSPS) is 11.1. The molecule has 0 saturated carbocycles. The first kappa shape index (κ1) is 30.9. The van der Waals surface area contributed by atoms with Crippen LogP contribution in [0.1, 0.15) is 34.0 Å². The fraction of sp³-hybridized carbons (Fsp3) is 0.121. The maximum absolute atomic E-state index is 13.4. The third-order valence-electron chi connectivity index (χ3n) is 6.28. The minimum atomic E-state index is -0.554. The van der Waals surface area contributed by atoms with Gasteiger partial charge in [0.15, 0.2) is 0 Å². The zero-order valence-electron chi connectivity index (χ0n) is 23.0. The number of carbonyl (C=O) groups excluding carboxylic acids is 3. The van der Waals surface area contributed by atoms with Crippen LogP contribution in [0.4, 0.5) is 11.4 Å². The second-order valence-electron chi connectivity index (χ2n) is 9.30. The van der Waals surface area contributed by atoms with Crippen LogP contribution in [0, 0.1) is 6.92 Å². The number of thioether (sulfide) groups is 1. The van der Waals surface area contributed by atoms with E-state index in [2.05, 4.69) is 22.9 Å². The fourth-order valence-corrected chi connectivity index (χ4v) is 5.24. The van der Waals surface area contributed by atoms with Gasteiger partial charge in [-0.1, -0.05) is 84.7 Å². The smallest absolute Gasteiger partial charge is 0.272 e. The third-order valence-corrected chi connectivity index (χ3v) is 8.10. The van der Waals surface area contributed by atoms with Crippen molar-refractivity contribution in [2.24, 2.45) is 0 Å². The van der Waals surface area contributed by atoms with Crippen molar-refractivity contribution in [1.29, 1.82) is 0 Å². The van der Waals surface area contributed by atoms with Gasteiger partial charge in [-0.15, -0.1) is 11.8 Å². The van der Waals surface area contributed by atoms with Crippen molar-refractivity contribution in [2.45, 2.75) is 25.2 Å². The predicted octanol–water partition coefficient (Wildman–Crippen LogP) is 8.00. The number of halogens is 2. The Morgan fingerprint density at radius 2 is 1.60 bits per heavy atom. The first-order valence-electron chi connectivity index (χ1n) is 13.2. The van der Waals surface area contributed by atoms with E-state index in [1.807, 2.05) is 31.2 Å². The Morgan fingerprint density at radius 1 is 0.857 bits per heavy atom. The molecule has 0 atom stereocenters. The number of nitrogens with one attached hydrogen (secondary N) is 3. The first-order chi connectivity index (χ1) is 20.2. The number of hydrogen-bond acceptors (Lipinski definition) is 4. The Kier molecular flexibility index (Phi) is 10.8. The largest absolute Gasteiger partial charge is 0.325 e. The summed E-state index contributed by atoms with van der Waals surface area (Å²) in [4.78, 5) is 39.9. The highest BCUT2D eigenvalue weighted by molar-refractivity contribution is 8.00. The van der Waals surface area contributed by atoms with Crippen molar-refractivity contribution in [1.82, 2.24) is 5.32 Å². The van der Waals surface area contributed by atoms with Gasteiger partial charge < -0.3 is 16.0 Å². The maximum Gasteiger partial charge on any atom is 0.272 e. The maximum atomic E-state index is 13.4. The van der Waals surface area contributed by atoms with Crippen LogP contribution in [-0.2, 0) is 16.0 Å². The van der Waals surface area contributed by atoms with Crippen molar-refractivity contribution in [3.05, 3.63) is 129 Å². The van der Waals surface area contributed by atoms with E-state index < -0.39 is 11.8 Å². The van der Waals surface area contributed by atoms with Gasteiger partial charge in [0.25, 0.3) is 11.8 Å². The number of amides is 3. The zero-order chi connectivity index (χ0) is 30.1. The van der Waals surface area contributed by atoms with Crippen LogP contribution in [0.15, 0.2) is 102 Å². The molecule has 0 spiro atoms. The van der Waals surface area contributed by atoms with E-state index in [-0.39, 0.29) is 22.4 Å². The Hall–Kier alpha value is -4.04.